The molecule has 1 saturated heterocycles. The van der Waals surface area contributed by atoms with Gasteiger partial charge in [0, 0.05) is 59.6 Å². The van der Waals surface area contributed by atoms with Gasteiger partial charge >= 0.3 is 0 Å². The van der Waals surface area contributed by atoms with Crippen LogP contribution in [0.25, 0.3) is 17.3 Å². The topological polar surface area (TPSA) is 67.7 Å². The van der Waals surface area contributed by atoms with Crippen LogP contribution in [0.2, 0.25) is 0 Å². The number of pyridine rings is 2. The minimum atomic E-state index is -2.30. The molecular weight excluding hydrogens is 384 g/mol. The van der Waals surface area contributed by atoms with Gasteiger partial charge in [0.1, 0.15) is 0 Å². The molecule has 0 aromatic carbocycles. The van der Waals surface area contributed by atoms with E-state index < -0.39 is 9.73 Å². The van der Waals surface area contributed by atoms with E-state index in [9.17, 15) is 4.21 Å². The second kappa shape index (κ2) is 8.24. The zero-order valence-corrected chi connectivity index (χ0v) is 18.1. The first-order chi connectivity index (χ1) is 14.0. The maximum absolute atomic E-state index is 13.0. The third-order valence-electron chi connectivity index (χ3n) is 5.60. The molecule has 2 aromatic rings. The normalized spacial score (nSPS) is 18.7. The van der Waals surface area contributed by atoms with E-state index in [4.69, 9.17) is 9.72 Å². The smallest absolute Gasteiger partial charge is 0.164 e. The summed E-state index contributed by atoms with van der Waals surface area (Å²) in [5.41, 5.74) is 5.12. The average Bonchev–Trinajstić information content (AvgIpc) is 3.22. The SMILES string of the molecule is CCS(=O)(CC)=Nc1cc(N2CCOC[C@H]2C)cc(-c2ccnc3c2C=CC3)n1. The van der Waals surface area contributed by atoms with Crippen molar-refractivity contribution in [3.8, 4) is 11.3 Å². The minimum Gasteiger partial charge on any atom is -0.377 e. The number of rotatable bonds is 5. The van der Waals surface area contributed by atoms with E-state index in [1.54, 1.807) is 0 Å². The van der Waals surface area contributed by atoms with E-state index in [1.807, 2.05) is 32.2 Å². The molecule has 29 heavy (non-hydrogen) atoms. The number of fused-ring (bicyclic) bond motifs is 1. The third kappa shape index (κ3) is 4.07. The largest absolute Gasteiger partial charge is 0.377 e. The summed E-state index contributed by atoms with van der Waals surface area (Å²) >= 11 is 0. The van der Waals surface area contributed by atoms with Gasteiger partial charge in [0.2, 0.25) is 0 Å². The highest BCUT2D eigenvalue weighted by molar-refractivity contribution is 7.93. The van der Waals surface area contributed by atoms with Gasteiger partial charge in [-0.25, -0.2) is 9.19 Å². The molecule has 7 heteroatoms. The average molecular weight is 413 g/mol. The van der Waals surface area contributed by atoms with Crippen molar-refractivity contribution in [3.05, 3.63) is 41.7 Å². The third-order valence-corrected chi connectivity index (χ3v) is 7.93. The molecule has 4 rings (SSSR count). The van der Waals surface area contributed by atoms with Crippen molar-refractivity contribution in [3.63, 3.8) is 0 Å². The molecule has 0 bridgehead atoms. The molecule has 6 nitrogen and oxygen atoms in total. The molecular formula is C22H28N4O2S. The molecule has 0 spiro atoms. The standard InChI is InChI=1S/C22H28N4O2S/c1-4-29(27,5-2)25-22-14-17(26-11-12-28-15-16(26)3)13-21(24-22)19-9-10-23-20-8-6-7-18(19)20/h6-7,9-10,13-14,16H,4-5,8,11-12,15H2,1-3H3/t16-/m1/s1. The first-order valence-electron chi connectivity index (χ1n) is 10.3. The highest BCUT2D eigenvalue weighted by atomic mass is 32.2. The highest BCUT2D eigenvalue weighted by Crippen LogP contribution is 2.34. The quantitative estimate of drug-likeness (QED) is 0.740. The fourth-order valence-electron chi connectivity index (χ4n) is 3.84. The van der Waals surface area contributed by atoms with Crippen LogP contribution in [0, 0.1) is 0 Å². The predicted octanol–water partition coefficient (Wildman–Crippen LogP) is 4.08. The van der Waals surface area contributed by atoms with Crippen LogP contribution in [0.15, 0.2) is 34.8 Å². The second-order valence-corrected chi connectivity index (χ2v) is 10.3. The molecule has 0 N–H and O–H groups in total. The van der Waals surface area contributed by atoms with E-state index in [2.05, 4.69) is 39.4 Å². The summed E-state index contributed by atoms with van der Waals surface area (Å²) in [6.45, 7) is 8.20. The zero-order chi connectivity index (χ0) is 20.4. The number of aromatic nitrogens is 2. The molecule has 154 valence electrons. The summed E-state index contributed by atoms with van der Waals surface area (Å²) in [7, 11) is -2.30. The number of anilines is 1. The Bertz CT molecular complexity index is 1050. The molecule has 0 saturated carbocycles. The van der Waals surface area contributed by atoms with E-state index in [1.165, 1.54) is 0 Å². The summed E-state index contributed by atoms with van der Waals surface area (Å²) < 4.78 is 23.2. The molecule has 0 amide bonds. The van der Waals surface area contributed by atoms with Crippen LogP contribution in [0.5, 0.6) is 0 Å². The Hall–Kier alpha value is -2.25. The van der Waals surface area contributed by atoms with Crippen LogP contribution in [-0.4, -0.2) is 51.5 Å². The molecule has 0 unspecified atom stereocenters. The van der Waals surface area contributed by atoms with Gasteiger partial charge in [-0.3, -0.25) is 4.98 Å². The number of ether oxygens (including phenoxy) is 1. The summed E-state index contributed by atoms with van der Waals surface area (Å²) in [4.78, 5) is 11.6. The van der Waals surface area contributed by atoms with Crippen LogP contribution < -0.4 is 4.90 Å². The molecule has 1 aliphatic carbocycles. The van der Waals surface area contributed by atoms with Crippen molar-refractivity contribution in [2.24, 2.45) is 4.36 Å². The Morgan fingerprint density at radius 1 is 1.31 bits per heavy atom. The maximum atomic E-state index is 13.0. The molecule has 2 aromatic heterocycles. The van der Waals surface area contributed by atoms with E-state index >= 15 is 0 Å². The Kier molecular flexibility index (Phi) is 5.69. The lowest BCUT2D eigenvalue weighted by molar-refractivity contribution is 0.0989. The Morgan fingerprint density at radius 3 is 2.90 bits per heavy atom. The zero-order valence-electron chi connectivity index (χ0n) is 17.3. The van der Waals surface area contributed by atoms with Gasteiger partial charge in [0.25, 0.3) is 0 Å². The number of allylic oxidation sites excluding steroid dienone is 1. The fourth-order valence-corrected chi connectivity index (χ4v) is 4.94. The van der Waals surface area contributed by atoms with E-state index in [-0.39, 0.29) is 6.04 Å². The van der Waals surface area contributed by atoms with Crippen molar-refractivity contribution in [1.82, 2.24) is 9.97 Å². The van der Waals surface area contributed by atoms with Gasteiger partial charge in [-0.2, -0.15) is 4.36 Å². The first-order valence-corrected chi connectivity index (χ1v) is 12.1. The van der Waals surface area contributed by atoms with Crippen molar-refractivity contribution in [2.75, 3.05) is 36.2 Å². The molecule has 1 aliphatic heterocycles. The van der Waals surface area contributed by atoms with Crippen LogP contribution in [0.4, 0.5) is 11.5 Å². The Balaban J connectivity index is 1.88. The number of hydrogen-bond acceptors (Lipinski definition) is 6. The second-order valence-electron chi connectivity index (χ2n) is 7.45. The van der Waals surface area contributed by atoms with Gasteiger partial charge in [0.05, 0.1) is 34.3 Å². The van der Waals surface area contributed by atoms with Gasteiger partial charge < -0.3 is 9.64 Å². The lowest BCUT2D eigenvalue weighted by Crippen LogP contribution is -2.43. The molecule has 1 fully saturated rings. The summed E-state index contributed by atoms with van der Waals surface area (Å²) in [6, 6.07) is 6.34. The summed E-state index contributed by atoms with van der Waals surface area (Å²) in [5.74, 6) is 1.58. The van der Waals surface area contributed by atoms with Crippen LogP contribution in [0.1, 0.15) is 32.0 Å². The number of morpholine rings is 1. The molecule has 1 atom stereocenters. The molecule has 0 radical (unpaired) electrons. The molecule has 3 heterocycles. The van der Waals surface area contributed by atoms with Crippen molar-refractivity contribution in [2.45, 2.75) is 33.2 Å². The van der Waals surface area contributed by atoms with Crippen LogP contribution in [0.3, 0.4) is 0 Å². The maximum Gasteiger partial charge on any atom is 0.164 e. The summed E-state index contributed by atoms with van der Waals surface area (Å²) in [6.07, 6.45) is 6.92. The van der Waals surface area contributed by atoms with Crippen LogP contribution >= 0.6 is 0 Å². The van der Waals surface area contributed by atoms with E-state index in [0.717, 1.165) is 41.2 Å². The molecule has 2 aliphatic rings. The Labute approximate surface area is 173 Å². The van der Waals surface area contributed by atoms with Gasteiger partial charge in [-0.15, -0.1) is 0 Å². The van der Waals surface area contributed by atoms with Crippen molar-refractivity contribution in [1.29, 1.82) is 0 Å². The fraction of sp³-hybridized carbons (Fsp3) is 0.455. The Morgan fingerprint density at radius 2 is 2.14 bits per heavy atom. The number of hydrogen-bond donors (Lipinski definition) is 0. The lowest BCUT2D eigenvalue weighted by Gasteiger charge is -2.35. The van der Waals surface area contributed by atoms with Crippen molar-refractivity contribution >= 4 is 27.3 Å². The monoisotopic (exact) mass is 412 g/mol. The van der Waals surface area contributed by atoms with Gasteiger partial charge in [-0.05, 0) is 19.1 Å². The predicted molar refractivity (Wildman–Crippen MR) is 119 cm³/mol. The minimum absolute atomic E-state index is 0.261. The lowest BCUT2D eigenvalue weighted by atomic mass is 10.0. The van der Waals surface area contributed by atoms with Gasteiger partial charge in [0.15, 0.2) is 5.82 Å². The number of nitrogens with zero attached hydrogens (tertiary/aromatic N) is 4. The van der Waals surface area contributed by atoms with Crippen molar-refractivity contribution < 1.29 is 8.95 Å². The summed E-state index contributed by atoms with van der Waals surface area (Å²) in [5, 5.41) is 0. The van der Waals surface area contributed by atoms with Gasteiger partial charge in [-0.1, -0.05) is 26.0 Å². The van der Waals surface area contributed by atoms with E-state index in [0.29, 0.717) is 30.5 Å². The highest BCUT2D eigenvalue weighted by Gasteiger charge is 2.22. The first kappa shape index (κ1) is 20.0. The van der Waals surface area contributed by atoms with Crippen LogP contribution in [-0.2, 0) is 20.9 Å².